The first-order valence-electron chi connectivity index (χ1n) is 9.74. The smallest absolute Gasteiger partial charge is 0.224 e. The third-order valence-corrected chi connectivity index (χ3v) is 5.06. The molecule has 28 heavy (non-hydrogen) atoms. The number of piperidine rings is 1. The van der Waals surface area contributed by atoms with Crippen LogP contribution in [0.25, 0.3) is 0 Å². The highest BCUT2D eigenvalue weighted by Gasteiger charge is 2.30. The van der Waals surface area contributed by atoms with Crippen LogP contribution in [0.5, 0.6) is 5.75 Å². The minimum absolute atomic E-state index is 0.0264. The standard InChI is InChI=1S/C22H27N3O3/c1-28-20-10-3-2-7-17(20)15-25-16-18(11-12-21(25)26)22(27)24-14-6-9-19-8-4-5-13-23-19/h2-5,7-8,10,13,18H,6,9,11-12,14-16H2,1H3,(H,24,27)/t18-/m1/s1. The number of para-hydroxylation sites is 1. The van der Waals surface area contributed by atoms with Gasteiger partial charge in [0.1, 0.15) is 5.75 Å². The number of likely N-dealkylation sites (tertiary alicyclic amines) is 1. The van der Waals surface area contributed by atoms with Crippen molar-refractivity contribution in [1.82, 2.24) is 15.2 Å². The van der Waals surface area contributed by atoms with Crippen molar-refractivity contribution in [2.45, 2.75) is 32.2 Å². The number of nitrogens with zero attached hydrogens (tertiary/aromatic N) is 2. The van der Waals surface area contributed by atoms with Gasteiger partial charge in [-0.1, -0.05) is 24.3 Å². The van der Waals surface area contributed by atoms with E-state index in [0.29, 0.717) is 32.5 Å². The van der Waals surface area contributed by atoms with Crippen molar-refractivity contribution in [2.75, 3.05) is 20.2 Å². The monoisotopic (exact) mass is 381 g/mol. The van der Waals surface area contributed by atoms with Crippen molar-refractivity contribution in [3.05, 3.63) is 59.9 Å². The predicted octanol–water partition coefficient (Wildman–Crippen LogP) is 2.58. The van der Waals surface area contributed by atoms with Crippen molar-refractivity contribution >= 4 is 11.8 Å². The van der Waals surface area contributed by atoms with Crippen LogP contribution < -0.4 is 10.1 Å². The number of carbonyl (C=O) groups excluding carboxylic acids is 2. The van der Waals surface area contributed by atoms with E-state index in [9.17, 15) is 9.59 Å². The van der Waals surface area contributed by atoms with Crippen LogP contribution in [0.15, 0.2) is 48.7 Å². The summed E-state index contributed by atoms with van der Waals surface area (Å²) in [6, 6.07) is 13.5. The van der Waals surface area contributed by atoms with Gasteiger partial charge in [0.05, 0.1) is 13.0 Å². The molecule has 1 aromatic heterocycles. The van der Waals surface area contributed by atoms with Crippen LogP contribution in [0.1, 0.15) is 30.5 Å². The minimum atomic E-state index is -0.165. The molecule has 148 valence electrons. The van der Waals surface area contributed by atoms with E-state index in [1.54, 1.807) is 18.2 Å². The Balaban J connectivity index is 1.49. The summed E-state index contributed by atoms with van der Waals surface area (Å²) in [7, 11) is 1.62. The van der Waals surface area contributed by atoms with E-state index in [0.717, 1.165) is 29.8 Å². The Morgan fingerprint density at radius 3 is 2.86 bits per heavy atom. The Kier molecular flexibility index (Phi) is 7.00. The van der Waals surface area contributed by atoms with E-state index in [-0.39, 0.29) is 17.7 Å². The molecular weight excluding hydrogens is 354 g/mol. The minimum Gasteiger partial charge on any atom is -0.496 e. The van der Waals surface area contributed by atoms with Crippen LogP contribution in [0.4, 0.5) is 0 Å². The highest BCUT2D eigenvalue weighted by Crippen LogP contribution is 2.24. The summed E-state index contributed by atoms with van der Waals surface area (Å²) in [6.45, 7) is 1.53. The van der Waals surface area contributed by atoms with Gasteiger partial charge in [0, 0.05) is 43.5 Å². The van der Waals surface area contributed by atoms with Gasteiger partial charge in [-0.15, -0.1) is 0 Å². The SMILES string of the molecule is COc1ccccc1CN1C[C@H](C(=O)NCCCc2ccccn2)CCC1=O. The van der Waals surface area contributed by atoms with Gasteiger partial charge in [-0.05, 0) is 37.5 Å². The van der Waals surface area contributed by atoms with Crippen molar-refractivity contribution in [3.8, 4) is 5.75 Å². The molecule has 1 fully saturated rings. The Morgan fingerprint density at radius 2 is 2.07 bits per heavy atom. The van der Waals surface area contributed by atoms with Crippen molar-refractivity contribution in [2.24, 2.45) is 5.92 Å². The molecule has 0 spiro atoms. The molecule has 2 aromatic rings. The molecule has 2 heterocycles. The first-order valence-corrected chi connectivity index (χ1v) is 9.74. The predicted molar refractivity (Wildman–Crippen MR) is 107 cm³/mol. The van der Waals surface area contributed by atoms with Crippen LogP contribution in [-0.4, -0.2) is 41.9 Å². The fourth-order valence-electron chi connectivity index (χ4n) is 3.49. The Morgan fingerprint density at radius 1 is 1.25 bits per heavy atom. The maximum Gasteiger partial charge on any atom is 0.224 e. The lowest BCUT2D eigenvalue weighted by Crippen LogP contribution is -2.45. The molecule has 1 atom stereocenters. The van der Waals surface area contributed by atoms with Gasteiger partial charge >= 0.3 is 0 Å². The number of nitrogens with one attached hydrogen (secondary N) is 1. The Bertz CT molecular complexity index is 795. The number of hydrogen-bond acceptors (Lipinski definition) is 4. The number of aromatic nitrogens is 1. The molecule has 0 unspecified atom stereocenters. The van der Waals surface area contributed by atoms with Gasteiger partial charge in [-0.25, -0.2) is 0 Å². The highest BCUT2D eigenvalue weighted by molar-refractivity contribution is 5.83. The summed E-state index contributed by atoms with van der Waals surface area (Å²) in [6.07, 6.45) is 4.47. The molecule has 1 saturated heterocycles. The molecule has 1 aromatic carbocycles. The summed E-state index contributed by atoms with van der Waals surface area (Å²) in [5.41, 5.74) is 1.98. The van der Waals surface area contributed by atoms with Gasteiger partial charge in [-0.3, -0.25) is 14.6 Å². The van der Waals surface area contributed by atoms with Gasteiger partial charge in [-0.2, -0.15) is 0 Å². The zero-order valence-corrected chi connectivity index (χ0v) is 16.3. The number of methoxy groups -OCH3 is 1. The Hall–Kier alpha value is -2.89. The lowest BCUT2D eigenvalue weighted by Gasteiger charge is -2.32. The molecule has 0 bridgehead atoms. The average Bonchev–Trinajstić information content (AvgIpc) is 2.73. The molecule has 0 radical (unpaired) electrons. The number of amides is 2. The summed E-state index contributed by atoms with van der Waals surface area (Å²) < 4.78 is 5.38. The molecule has 1 aliphatic heterocycles. The molecule has 2 amide bonds. The number of hydrogen-bond donors (Lipinski definition) is 1. The molecule has 3 rings (SSSR count). The van der Waals surface area contributed by atoms with Gasteiger partial charge in [0.2, 0.25) is 11.8 Å². The largest absolute Gasteiger partial charge is 0.496 e. The molecule has 1 aliphatic rings. The van der Waals surface area contributed by atoms with Crippen LogP contribution in [0.2, 0.25) is 0 Å². The van der Waals surface area contributed by atoms with Gasteiger partial charge in [0.25, 0.3) is 0 Å². The zero-order valence-electron chi connectivity index (χ0n) is 16.3. The quantitative estimate of drug-likeness (QED) is 0.714. The van der Waals surface area contributed by atoms with Gasteiger partial charge in [0.15, 0.2) is 0 Å². The molecule has 0 aliphatic carbocycles. The average molecular weight is 381 g/mol. The van der Waals surface area contributed by atoms with Gasteiger partial charge < -0.3 is 15.0 Å². The van der Waals surface area contributed by atoms with E-state index in [4.69, 9.17) is 4.74 Å². The van der Waals surface area contributed by atoms with Crippen LogP contribution in [0.3, 0.4) is 0 Å². The van der Waals surface area contributed by atoms with E-state index < -0.39 is 0 Å². The van der Waals surface area contributed by atoms with E-state index in [2.05, 4.69) is 10.3 Å². The molecule has 0 saturated carbocycles. The number of carbonyl (C=O) groups is 2. The summed E-state index contributed by atoms with van der Waals surface area (Å²) in [5, 5.41) is 3.02. The van der Waals surface area contributed by atoms with Crippen molar-refractivity contribution in [1.29, 1.82) is 0 Å². The second kappa shape index (κ2) is 9.88. The molecule has 6 nitrogen and oxygen atoms in total. The second-order valence-electron chi connectivity index (χ2n) is 7.04. The van der Waals surface area contributed by atoms with E-state index in [1.165, 1.54) is 0 Å². The number of ether oxygens (including phenoxy) is 1. The summed E-state index contributed by atoms with van der Waals surface area (Å²) in [4.78, 5) is 30.9. The highest BCUT2D eigenvalue weighted by atomic mass is 16.5. The number of rotatable bonds is 8. The number of aryl methyl sites for hydroxylation is 1. The van der Waals surface area contributed by atoms with E-state index >= 15 is 0 Å². The lowest BCUT2D eigenvalue weighted by molar-refractivity contribution is -0.138. The summed E-state index contributed by atoms with van der Waals surface area (Å²) in [5.74, 6) is 0.710. The maximum absolute atomic E-state index is 12.5. The van der Waals surface area contributed by atoms with Crippen LogP contribution in [0, 0.1) is 5.92 Å². The molecule has 6 heteroatoms. The fourth-order valence-corrected chi connectivity index (χ4v) is 3.49. The maximum atomic E-state index is 12.5. The fraction of sp³-hybridized carbons (Fsp3) is 0.409. The first-order chi connectivity index (χ1) is 13.7. The normalized spacial score (nSPS) is 16.7. The summed E-state index contributed by atoms with van der Waals surface area (Å²) >= 11 is 0. The number of benzene rings is 1. The van der Waals surface area contributed by atoms with Crippen molar-refractivity contribution in [3.63, 3.8) is 0 Å². The first kappa shape index (κ1) is 19.9. The third kappa shape index (κ3) is 5.31. The van der Waals surface area contributed by atoms with Crippen LogP contribution in [-0.2, 0) is 22.6 Å². The molecular formula is C22H27N3O3. The van der Waals surface area contributed by atoms with Crippen molar-refractivity contribution < 1.29 is 14.3 Å². The Labute approximate surface area is 165 Å². The van der Waals surface area contributed by atoms with E-state index in [1.807, 2.05) is 42.5 Å². The molecule has 1 N–H and O–H groups in total. The second-order valence-corrected chi connectivity index (χ2v) is 7.04. The topological polar surface area (TPSA) is 71.5 Å². The number of pyridine rings is 1. The third-order valence-electron chi connectivity index (χ3n) is 5.06. The zero-order chi connectivity index (χ0) is 19.8. The lowest BCUT2D eigenvalue weighted by atomic mass is 9.96. The van der Waals surface area contributed by atoms with Crippen LogP contribution >= 0.6 is 0 Å².